The van der Waals surface area contributed by atoms with Crippen LogP contribution in [0.25, 0.3) is 22.5 Å². The van der Waals surface area contributed by atoms with E-state index in [1.54, 1.807) is 18.2 Å². The lowest BCUT2D eigenvalue weighted by molar-refractivity contribution is -0.199. The third kappa shape index (κ3) is 4.61. The number of fused-ring (bicyclic) bond motifs is 1. The van der Waals surface area contributed by atoms with Gasteiger partial charge in [0, 0.05) is 41.7 Å². The molecule has 3 aromatic rings. The highest BCUT2D eigenvalue weighted by molar-refractivity contribution is 6.00. The van der Waals surface area contributed by atoms with Crippen LogP contribution in [-0.2, 0) is 16.1 Å². The van der Waals surface area contributed by atoms with E-state index in [9.17, 15) is 27.2 Å². The fourth-order valence-corrected chi connectivity index (χ4v) is 3.36. The molecule has 33 heavy (non-hydrogen) atoms. The summed E-state index contributed by atoms with van der Waals surface area (Å²) in [5.74, 6) is -3.25. The molecule has 0 unspecified atom stereocenters. The molecule has 0 aliphatic carbocycles. The van der Waals surface area contributed by atoms with Crippen molar-refractivity contribution in [1.82, 2.24) is 15.3 Å². The average Bonchev–Trinajstić information content (AvgIpc) is 3.23. The van der Waals surface area contributed by atoms with E-state index >= 15 is 0 Å². The quantitative estimate of drug-likeness (QED) is 0.266. The Balaban J connectivity index is 1.65. The van der Waals surface area contributed by atoms with Crippen molar-refractivity contribution in [2.24, 2.45) is 5.16 Å². The molecule has 0 spiro atoms. The lowest BCUT2D eigenvalue weighted by Gasteiger charge is -2.11. The van der Waals surface area contributed by atoms with Crippen molar-refractivity contribution < 1.29 is 32.0 Å². The van der Waals surface area contributed by atoms with Crippen molar-refractivity contribution in [2.75, 3.05) is 6.54 Å². The van der Waals surface area contributed by atoms with Crippen LogP contribution < -0.4 is 5.32 Å². The number of aromatic amines is 1. The molecule has 4 rings (SSSR count). The van der Waals surface area contributed by atoms with Crippen LogP contribution in [0.5, 0.6) is 0 Å². The van der Waals surface area contributed by atoms with Gasteiger partial charge in [-0.15, -0.1) is 0 Å². The van der Waals surface area contributed by atoms with E-state index in [0.29, 0.717) is 29.8 Å². The molecule has 0 bridgehead atoms. The highest BCUT2D eigenvalue weighted by Crippen LogP contribution is 2.29. The zero-order valence-corrected chi connectivity index (χ0v) is 17.1. The maximum absolute atomic E-state index is 14.6. The number of halogens is 4. The number of benzene rings is 1. The van der Waals surface area contributed by atoms with E-state index in [0.717, 1.165) is 11.8 Å². The number of pyridine rings is 1. The fraction of sp³-hybridized carbons (Fsp3) is 0.182. The first-order valence-electron chi connectivity index (χ1n) is 9.73. The van der Waals surface area contributed by atoms with E-state index in [2.05, 4.69) is 25.3 Å². The molecule has 0 atom stereocenters. The Morgan fingerprint density at radius 3 is 2.67 bits per heavy atom. The molecule has 0 saturated carbocycles. The molecule has 170 valence electrons. The number of alkyl halides is 3. The largest absolute Gasteiger partial charge is 0.493 e. The van der Waals surface area contributed by atoms with Gasteiger partial charge in [0.25, 0.3) is 5.91 Å². The number of amides is 1. The first-order chi connectivity index (χ1) is 15.6. The molecular weight excluding hydrogens is 444 g/mol. The maximum atomic E-state index is 14.6. The molecule has 2 aromatic heterocycles. The van der Waals surface area contributed by atoms with Crippen molar-refractivity contribution >= 4 is 17.6 Å². The SMILES string of the molecule is CC(=NOC(=O)C(F)(F)F)c1ccc(F)c(-c2cc(-c3cc4c([nH]3)CCNC4=O)ccn2)c1. The summed E-state index contributed by atoms with van der Waals surface area (Å²) in [4.78, 5) is 34.2. The molecular formula is C22H16F4N4O3. The number of aromatic nitrogens is 2. The van der Waals surface area contributed by atoms with Gasteiger partial charge >= 0.3 is 12.1 Å². The topological polar surface area (TPSA) is 96.4 Å². The van der Waals surface area contributed by atoms with Crippen LogP contribution in [0.2, 0.25) is 0 Å². The Morgan fingerprint density at radius 1 is 1.15 bits per heavy atom. The first kappa shape index (κ1) is 22.2. The second kappa shape index (κ2) is 8.49. The van der Waals surface area contributed by atoms with Gasteiger partial charge in [0.2, 0.25) is 0 Å². The molecule has 1 aliphatic heterocycles. The second-order valence-corrected chi connectivity index (χ2v) is 7.26. The van der Waals surface area contributed by atoms with Crippen LogP contribution >= 0.6 is 0 Å². The predicted molar refractivity (Wildman–Crippen MR) is 110 cm³/mol. The van der Waals surface area contributed by atoms with Crippen LogP contribution in [0.4, 0.5) is 17.6 Å². The van der Waals surface area contributed by atoms with E-state index in [1.807, 2.05) is 0 Å². The summed E-state index contributed by atoms with van der Waals surface area (Å²) in [6.45, 7) is 1.85. The number of hydrogen-bond donors (Lipinski definition) is 2. The highest BCUT2D eigenvalue weighted by atomic mass is 19.4. The van der Waals surface area contributed by atoms with Gasteiger partial charge in [0.15, 0.2) is 0 Å². The van der Waals surface area contributed by atoms with Gasteiger partial charge in [-0.3, -0.25) is 9.78 Å². The predicted octanol–water partition coefficient (Wildman–Crippen LogP) is 4.00. The molecule has 7 nitrogen and oxygen atoms in total. The monoisotopic (exact) mass is 460 g/mol. The highest BCUT2D eigenvalue weighted by Gasteiger charge is 2.41. The van der Waals surface area contributed by atoms with Crippen LogP contribution in [0, 0.1) is 5.82 Å². The molecule has 11 heteroatoms. The Labute approximate surface area is 184 Å². The summed E-state index contributed by atoms with van der Waals surface area (Å²) in [5.41, 5.74) is 3.17. The molecule has 1 aromatic carbocycles. The van der Waals surface area contributed by atoms with Crippen LogP contribution in [-0.4, -0.2) is 40.3 Å². The van der Waals surface area contributed by atoms with Gasteiger partial charge in [-0.25, -0.2) is 9.18 Å². The summed E-state index contributed by atoms with van der Waals surface area (Å²) < 4.78 is 51.5. The molecule has 0 fully saturated rings. The summed E-state index contributed by atoms with van der Waals surface area (Å²) >= 11 is 0. The number of rotatable bonds is 4. The summed E-state index contributed by atoms with van der Waals surface area (Å²) in [6.07, 6.45) is -3.05. The summed E-state index contributed by atoms with van der Waals surface area (Å²) in [5, 5.41) is 5.96. The Bertz CT molecular complexity index is 1280. The third-order valence-corrected chi connectivity index (χ3v) is 5.03. The molecule has 3 heterocycles. The van der Waals surface area contributed by atoms with Gasteiger partial charge in [-0.1, -0.05) is 11.2 Å². The fourth-order valence-electron chi connectivity index (χ4n) is 3.36. The third-order valence-electron chi connectivity index (χ3n) is 5.03. The minimum atomic E-state index is -5.18. The van der Waals surface area contributed by atoms with Crippen molar-refractivity contribution in [3.63, 3.8) is 0 Å². The number of hydrogen-bond acceptors (Lipinski definition) is 5. The molecule has 0 saturated heterocycles. The van der Waals surface area contributed by atoms with Crippen molar-refractivity contribution in [1.29, 1.82) is 0 Å². The van der Waals surface area contributed by atoms with E-state index in [-0.39, 0.29) is 28.4 Å². The zero-order chi connectivity index (χ0) is 23.8. The van der Waals surface area contributed by atoms with Gasteiger partial charge in [-0.05, 0) is 42.8 Å². The Hall–Kier alpha value is -4.02. The Morgan fingerprint density at radius 2 is 1.94 bits per heavy atom. The number of H-pyrrole nitrogens is 1. The standard InChI is InChI=1S/C22H16F4N4O3/c1-11(30-33-21(32)22(24,25)26)12-2-3-16(23)14(8-12)19-9-13(4-6-27-19)18-10-15-17(29-18)5-7-28-20(15)31/h2-4,6,8-10,29H,5,7H2,1H3,(H,28,31). The maximum Gasteiger partial charge on any atom is 0.493 e. The number of carbonyl (C=O) groups excluding carboxylic acids is 2. The van der Waals surface area contributed by atoms with Crippen LogP contribution in [0.3, 0.4) is 0 Å². The number of oxime groups is 1. The molecule has 1 aliphatic rings. The van der Waals surface area contributed by atoms with Gasteiger partial charge < -0.3 is 15.1 Å². The van der Waals surface area contributed by atoms with E-state index in [4.69, 9.17) is 0 Å². The van der Waals surface area contributed by atoms with Crippen molar-refractivity contribution in [2.45, 2.75) is 19.5 Å². The van der Waals surface area contributed by atoms with Crippen molar-refractivity contribution in [3.05, 3.63) is 65.2 Å². The van der Waals surface area contributed by atoms with E-state index < -0.39 is 18.0 Å². The normalized spacial score (nSPS) is 14.0. The summed E-state index contributed by atoms with van der Waals surface area (Å²) in [6, 6.07) is 8.77. The van der Waals surface area contributed by atoms with Gasteiger partial charge in [0.1, 0.15) is 5.82 Å². The van der Waals surface area contributed by atoms with Gasteiger partial charge in [-0.2, -0.15) is 13.2 Å². The molecule has 1 amide bonds. The minimum absolute atomic E-state index is 0.0620. The van der Waals surface area contributed by atoms with Crippen LogP contribution in [0.1, 0.15) is 28.5 Å². The number of nitrogens with zero attached hydrogens (tertiary/aromatic N) is 2. The Kier molecular flexibility index (Phi) is 5.71. The second-order valence-electron chi connectivity index (χ2n) is 7.26. The number of carbonyl (C=O) groups is 2. The smallest absolute Gasteiger partial charge is 0.358 e. The lowest BCUT2D eigenvalue weighted by atomic mass is 10.0. The van der Waals surface area contributed by atoms with Crippen molar-refractivity contribution in [3.8, 4) is 22.5 Å². The van der Waals surface area contributed by atoms with E-state index in [1.165, 1.54) is 25.3 Å². The van der Waals surface area contributed by atoms with Crippen LogP contribution in [0.15, 0.2) is 47.8 Å². The lowest BCUT2D eigenvalue weighted by Crippen LogP contribution is -2.31. The molecule has 2 N–H and O–H groups in total. The molecule has 0 radical (unpaired) electrons. The minimum Gasteiger partial charge on any atom is -0.358 e. The summed E-state index contributed by atoms with van der Waals surface area (Å²) in [7, 11) is 0. The number of nitrogens with one attached hydrogen (secondary N) is 2. The van der Waals surface area contributed by atoms with Gasteiger partial charge in [0.05, 0.1) is 17.0 Å². The average molecular weight is 460 g/mol. The first-order valence-corrected chi connectivity index (χ1v) is 9.73. The zero-order valence-electron chi connectivity index (χ0n) is 17.1.